The van der Waals surface area contributed by atoms with E-state index in [2.05, 4.69) is 29.9 Å². The molecule has 0 aromatic carbocycles. The Morgan fingerprint density at radius 1 is 0.882 bits per heavy atom. The molecule has 0 N–H and O–H groups in total. The molecule has 1 aliphatic heterocycles. The average molecular weight is 258 g/mol. The minimum atomic E-state index is -0.149. The van der Waals surface area contributed by atoms with Gasteiger partial charge in [0, 0.05) is 6.61 Å². The summed E-state index contributed by atoms with van der Waals surface area (Å²) in [6.07, 6.45) is 8.37. The first-order chi connectivity index (χ1) is 8.33. The summed E-state index contributed by atoms with van der Waals surface area (Å²) >= 11 is 0. The van der Waals surface area contributed by atoms with E-state index in [1.54, 1.807) is 0 Å². The zero-order valence-electron chi connectivity index (χ0n) is 12.0. The maximum Gasteiger partial charge on any atom is 0.179 e. The van der Waals surface area contributed by atoms with Crippen molar-refractivity contribution in [2.45, 2.75) is 65.6 Å². The first-order valence-corrected chi connectivity index (χ1v) is 8.69. The second-order valence-electron chi connectivity index (χ2n) is 4.96. The molecule has 0 amide bonds. The molecule has 1 heterocycles. The average Bonchev–Trinajstić information content (AvgIpc) is 2.33. The van der Waals surface area contributed by atoms with Gasteiger partial charge in [0.25, 0.3) is 0 Å². The Morgan fingerprint density at radius 2 is 1.41 bits per heavy atom. The molecule has 0 aromatic heterocycles. The third-order valence-electron chi connectivity index (χ3n) is 3.40. The molecule has 0 aliphatic carbocycles. The number of rotatable bonds is 10. The molecule has 4 heteroatoms. The lowest BCUT2D eigenvalue weighted by molar-refractivity contribution is -0.131. The van der Waals surface area contributed by atoms with Gasteiger partial charge in [-0.3, -0.25) is 9.13 Å². The largest absolute Gasteiger partial charge is 0.351 e. The first-order valence-electron chi connectivity index (χ1n) is 7.43. The van der Waals surface area contributed by atoms with Gasteiger partial charge in [-0.15, -0.1) is 0 Å². The SMILES string of the molecule is CCCCCN1[SiH2]N(CCCCC)C1OCC. The fourth-order valence-corrected chi connectivity index (χ4v) is 4.20. The topological polar surface area (TPSA) is 15.7 Å². The van der Waals surface area contributed by atoms with E-state index in [0.29, 0.717) is 6.35 Å². The number of hydrogen-bond donors (Lipinski definition) is 0. The predicted molar refractivity (Wildman–Crippen MR) is 76.4 cm³/mol. The van der Waals surface area contributed by atoms with E-state index in [4.69, 9.17) is 4.74 Å². The summed E-state index contributed by atoms with van der Waals surface area (Å²) in [6, 6.07) is 0. The Kier molecular flexibility index (Phi) is 8.10. The van der Waals surface area contributed by atoms with Gasteiger partial charge in [-0.05, 0) is 32.9 Å². The number of hydrogen-bond acceptors (Lipinski definition) is 3. The summed E-state index contributed by atoms with van der Waals surface area (Å²) in [4.78, 5) is 0. The summed E-state index contributed by atoms with van der Waals surface area (Å²) in [5.74, 6) is 0. The molecule has 1 rings (SSSR count). The highest BCUT2D eigenvalue weighted by Gasteiger charge is 2.36. The summed E-state index contributed by atoms with van der Waals surface area (Å²) in [7, 11) is -0.149. The van der Waals surface area contributed by atoms with Crippen molar-refractivity contribution in [3.05, 3.63) is 0 Å². The molecule has 0 spiro atoms. The van der Waals surface area contributed by atoms with Gasteiger partial charge in [-0.25, -0.2) is 0 Å². The minimum absolute atomic E-state index is 0.149. The maximum absolute atomic E-state index is 5.85. The molecule has 1 saturated heterocycles. The highest BCUT2D eigenvalue weighted by molar-refractivity contribution is 6.31. The van der Waals surface area contributed by atoms with Gasteiger partial charge >= 0.3 is 0 Å². The number of ether oxygens (including phenoxy) is 1. The van der Waals surface area contributed by atoms with E-state index in [1.165, 1.54) is 51.6 Å². The summed E-state index contributed by atoms with van der Waals surface area (Å²) < 4.78 is 11.1. The molecular formula is C13H30N2OSi. The van der Waals surface area contributed by atoms with Gasteiger partial charge in [0.2, 0.25) is 0 Å². The summed E-state index contributed by atoms with van der Waals surface area (Å²) in [6.45, 7) is 10.0. The fraction of sp³-hybridized carbons (Fsp3) is 1.00. The van der Waals surface area contributed by atoms with Gasteiger partial charge in [-0.2, -0.15) is 0 Å². The third-order valence-corrected chi connectivity index (χ3v) is 5.39. The second kappa shape index (κ2) is 9.08. The van der Waals surface area contributed by atoms with Gasteiger partial charge in [-0.1, -0.05) is 39.5 Å². The van der Waals surface area contributed by atoms with Crippen molar-refractivity contribution < 1.29 is 4.74 Å². The van der Waals surface area contributed by atoms with E-state index < -0.39 is 0 Å². The van der Waals surface area contributed by atoms with Crippen molar-refractivity contribution in [2.24, 2.45) is 0 Å². The molecule has 0 atom stereocenters. The molecular weight excluding hydrogens is 228 g/mol. The van der Waals surface area contributed by atoms with Crippen LogP contribution < -0.4 is 0 Å². The van der Waals surface area contributed by atoms with Crippen LogP contribution >= 0.6 is 0 Å². The van der Waals surface area contributed by atoms with Crippen molar-refractivity contribution in [2.75, 3.05) is 19.7 Å². The zero-order chi connectivity index (χ0) is 12.5. The lowest BCUT2D eigenvalue weighted by Gasteiger charge is -2.50. The molecule has 0 radical (unpaired) electrons. The smallest absolute Gasteiger partial charge is 0.179 e. The molecule has 1 fully saturated rings. The first kappa shape index (κ1) is 15.2. The molecule has 102 valence electrons. The zero-order valence-corrected chi connectivity index (χ0v) is 13.4. The molecule has 0 aromatic rings. The lowest BCUT2D eigenvalue weighted by Crippen LogP contribution is -2.67. The highest BCUT2D eigenvalue weighted by Crippen LogP contribution is 2.19. The third kappa shape index (κ3) is 5.08. The van der Waals surface area contributed by atoms with Crippen molar-refractivity contribution in [3.63, 3.8) is 0 Å². The van der Waals surface area contributed by atoms with Crippen LogP contribution in [0.1, 0.15) is 59.3 Å². The lowest BCUT2D eigenvalue weighted by atomic mass is 10.2. The van der Waals surface area contributed by atoms with Gasteiger partial charge in [0.1, 0.15) is 0 Å². The van der Waals surface area contributed by atoms with Crippen LogP contribution in [0.15, 0.2) is 0 Å². The van der Waals surface area contributed by atoms with Gasteiger partial charge < -0.3 is 4.74 Å². The van der Waals surface area contributed by atoms with Crippen molar-refractivity contribution in [3.8, 4) is 0 Å². The summed E-state index contributed by atoms with van der Waals surface area (Å²) in [5.41, 5.74) is 0. The molecule has 0 bridgehead atoms. The Hall–Kier alpha value is 0.0969. The van der Waals surface area contributed by atoms with Crippen LogP contribution in [-0.4, -0.2) is 45.0 Å². The van der Waals surface area contributed by atoms with E-state index in [9.17, 15) is 0 Å². The highest BCUT2D eigenvalue weighted by atomic mass is 28.2. The normalized spacial score (nSPS) is 23.1. The molecule has 17 heavy (non-hydrogen) atoms. The van der Waals surface area contributed by atoms with Crippen LogP contribution in [0.25, 0.3) is 0 Å². The quantitative estimate of drug-likeness (QED) is 0.442. The molecule has 1 aliphatic rings. The van der Waals surface area contributed by atoms with E-state index >= 15 is 0 Å². The molecule has 0 saturated carbocycles. The van der Waals surface area contributed by atoms with E-state index in [0.717, 1.165) is 6.61 Å². The number of nitrogens with zero attached hydrogens (tertiary/aromatic N) is 2. The fourth-order valence-electron chi connectivity index (χ4n) is 2.36. The van der Waals surface area contributed by atoms with Crippen LogP contribution in [0.2, 0.25) is 0 Å². The van der Waals surface area contributed by atoms with Crippen molar-refractivity contribution >= 4 is 9.84 Å². The van der Waals surface area contributed by atoms with Crippen LogP contribution in [-0.2, 0) is 4.74 Å². The second-order valence-corrected chi connectivity index (χ2v) is 6.87. The standard InChI is InChI=1S/C13H30N2OSi/c1-4-7-9-11-14-13(16-6-3)15(17-14)12-10-8-5-2/h13H,4-12,17H2,1-3H3. The Labute approximate surface area is 109 Å². The summed E-state index contributed by atoms with van der Waals surface area (Å²) in [5, 5.41) is 0. The van der Waals surface area contributed by atoms with Crippen LogP contribution in [0.3, 0.4) is 0 Å². The maximum atomic E-state index is 5.85. The minimum Gasteiger partial charge on any atom is -0.351 e. The van der Waals surface area contributed by atoms with E-state index in [-0.39, 0.29) is 9.84 Å². The Morgan fingerprint density at radius 3 is 1.82 bits per heavy atom. The van der Waals surface area contributed by atoms with Gasteiger partial charge in [0.05, 0.1) is 0 Å². The molecule has 3 nitrogen and oxygen atoms in total. The van der Waals surface area contributed by atoms with Crippen LogP contribution in [0, 0.1) is 0 Å². The predicted octanol–water partition coefficient (Wildman–Crippen LogP) is 2.30. The molecule has 0 unspecified atom stereocenters. The van der Waals surface area contributed by atoms with E-state index in [1.807, 2.05) is 0 Å². The number of unbranched alkanes of at least 4 members (excludes halogenated alkanes) is 4. The van der Waals surface area contributed by atoms with Crippen molar-refractivity contribution in [1.29, 1.82) is 0 Å². The Bertz CT molecular complexity index is 176. The van der Waals surface area contributed by atoms with Gasteiger partial charge in [0.15, 0.2) is 16.2 Å². The van der Waals surface area contributed by atoms with Crippen molar-refractivity contribution in [1.82, 2.24) is 9.13 Å². The monoisotopic (exact) mass is 258 g/mol. The van der Waals surface area contributed by atoms with Crippen LogP contribution in [0.4, 0.5) is 0 Å². The Balaban J connectivity index is 2.19. The van der Waals surface area contributed by atoms with Crippen LogP contribution in [0.5, 0.6) is 0 Å².